The molecule has 1 saturated carbocycles. The van der Waals surface area contributed by atoms with Gasteiger partial charge in [0.1, 0.15) is 6.61 Å². The van der Waals surface area contributed by atoms with Crippen LogP contribution in [0.4, 0.5) is 0 Å². The zero-order chi connectivity index (χ0) is 13.8. The second kappa shape index (κ2) is 6.73. The smallest absolute Gasteiger partial charge is 0.104 e. The maximum atomic E-state index is 8.73. The van der Waals surface area contributed by atoms with Crippen LogP contribution in [0.3, 0.4) is 0 Å². The predicted octanol–water partition coefficient (Wildman–Crippen LogP) is 2.24. The minimum absolute atomic E-state index is 0.0690. The highest BCUT2D eigenvalue weighted by molar-refractivity contribution is 7.12. The van der Waals surface area contributed by atoms with Crippen molar-refractivity contribution in [2.75, 3.05) is 19.8 Å². The highest BCUT2D eigenvalue weighted by Crippen LogP contribution is 2.30. The molecule has 2 heterocycles. The second-order valence-corrected chi connectivity index (χ2v) is 6.63. The number of aliphatic hydroxyl groups is 1. The van der Waals surface area contributed by atoms with Crippen LogP contribution in [-0.2, 0) is 11.3 Å². The van der Waals surface area contributed by atoms with Crippen molar-refractivity contribution in [1.82, 2.24) is 4.90 Å². The van der Waals surface area contributed by atoms with Crippen molar-refractivity contribution in [1.29, 1.82) is 0 Å². The zero-order valence-corrected chi connectivity index (χ0v) is 12.5. The lowest BCUT2D eigenvalue weighted by Crippen LogP contribution is -2.51. The topological polar surface area (TPSA) is 32.7 Å². The molecule has 0 radical (unpaired) electrons. The van der Waals surface area contributed by atoms with Crippen LogP contribution in [-0.4, -0.2) is 41.9 Å². The Kier molecular flexibility index (Phi) is 4.74. The summed E-state index contributed by atoms with van der Waals surface area (Å²) in [5, 5.41) is 8.73. The fourth-order valence-electron chi connectivity index (χ4n) is 3.23. The number of rotatable bonds is 2. The summed E-state index contributed by atoms with van der Waals surface area (Å²) in [4.78, 5) is 4.99. The van der Waals surface area contributed by atoms with Crippen LogP contribution in [0.5, 0.6) is 0 Å². The summed E-state index contributed by atoms with van der Waals surface area (Å²) in [5.74, 6) is 5.69. The van der Waals surface area contributed by atoms with Crippen molar-refractivity contribution in [2.24, 2.45) is 0 Å². The minimum atomic E-state index is -0.0690. The first kappa shape index (κ1) is 14.1. The standard InChI is InChI=1S/C16H21NO2S/c18-10-3-4-13-7-8-14(20-13)12-17-9-11-19-16-6-2-1-5-15(16)17/h7-8,15-16,18H,1-2,5-6,9-12H2. The Hall–Kier alpha value is -0.860. The molecule has 2 atom stereocenters. The van der Waals surface area contributed by atoms with E-state index >= 15 is 0 Å². The number of hydrogen-bond acceptors (Lipinski definition) is 4. The van der Waals surface area contributed by atoms with E-state index in [1.54, 1.807) is 11.3 Å². The van der Waals surface area contributed by atoms with E-state index in [9.17, 15) is 0 Å². The van der Waals surface area contributed by atoms with Crippen LogP contribution in [0.25, 0.3) is 0 Å². The number of aliphatic hydroxyl groups excluding tert-OH is 1. The first-order chi connectivity index (χ1) is 9.86. The van der Waals surface area contributed by atoms with Crippen LogP contribution in [0.15, 0.2) is 12.1 Å². The Morgan fingerprint density at radius 1 is 1.35 bits per heavy atom. The van der Waals surface area contributed by atoms with Gasteiger partial charge in [0.25, 0.3) is 0 Å². The average molecular weight is 291 g/mol. The van der Waals surface area contributed by atoms with Crippen LogP contribution >= 0.6 is 11.3 Å². The summed E-state index contributed by atoms with van der Waals surface area (Å²) in [5.41, 5.74) is 0. The Bertz CT molecular complexity index is 500. The van der Waals surface area contributed by atoms with Gasteiger partial charge in [-0.15, -0.1) is 11.3 Å². The van der Waals surface area contributed by atoms with Crippen molar-refractivity contribution in [2.45, 2.75) is 44.4 Å². The van der Waals surface area contributed by atoms with E-state index in [0.29, 0.717) is 12.1 Å². The molecular weight excluding hydrogens is 270 g/mol. The van der Waals surface area contributed by atoms with E-state index in [-0.39, 0.29) is 6.61 Å². The Balaban J connectivity index is 1.65. The SMILES string of the molecule is OCC#Cc1ccc(CN2CCOC3CCCCC32)s1. The van der Waals surface area contributed by atoms with Gasteiger partial charge < -0.3 is 9.84 Å². The zero-order valence-electron chi connectivity index (χ0n) is 11.7. The number of nitrogens with zero attached hydrogens (tertiary/aromatic N) is 1. The lowest BCUT2D eigenvalue weighted by Gasteiger charge is -2.43. The Morgan fingerprint density at radius 3 is 3.15 bits per heavy atom. The van der Waals surface area contributed by atoms with Crippen LogP contribution in [0, 0.1) is 11.8 Å². The van der Waals surface area contributed by atoms with Gasteiger partial charge in [-0.2, -0.15) is 0 Å². The third kappa shape index (κ3) is 3.24. The molecule has 1 aliphatic heterocycles. The molecule has 0 amide bonds. The summed E-state index contributed by atoms with van der Waals surface area (Å²) in [6.45, 7) is 2.84. The number of morpholine rings is 1. The van der Waals surface area contributed by atoms with Gasteiger partial charge >= 0.3 is 0 Å². The lowest BCUT2D eigenvalue weighted by molar-refractivity contribution is -0.0908. The van der Waals surface area contributed by atoms with E-state index in [2.05, 4.69) is 28.9 Å². The molecule has 1 aromatic rings. The molecule has 2 aliphatic rings. The van der Waals surface area contributed by atoms with Crippen molar-refractivity contribution >= 4 is 11.3 Å². The molecule has 1 aliphatic carbocycles. The van der Waals surface area contributed by atoms with E-state index in [4.69, 9.17) is 9.84 Å². The summed E-state index contributed by atoms with van der Waals surface area (Å²) in [6, 6.07) is 4.83. The Morgan fingerprint density at radius 2 is 2.25 bits per heavy atom. The van der Waals surface area contributed by atoms with Gasteiger partial charge in [-0.3, -0.25) is 4.90 Å². The van der Waals surface area contributed by atoms with Gasteiger partial charge in [-0.1, -0.05) is 24.7 Å². The second-order valence-electron chi connectivity index (χ2n) is 5.46. The number of fused-ring (bicyclic) bond motifs is 1. The van der Waals surface area contributed by atoms with E-state index in [1.165, 1.54) is 30.6 Å². The normalized spacial score (nSPS) is 26.6. The molecule has 0 aromatic carbocycles. The molecule has 1 N–H and O–H groups in total. The van der Waals surface area contributed by atoms with Gasteiger partial charge in [0.15, 0.2) is 0 Å². The van der Waals surface area contributed by atoms with Crippen molar-refractivity contribution in [3.63, 3.8) is 0 Å². The van der Waals surface area contributed by atoms with E-state index in [0.717, 1.165) is 24.6 Å². The third-order valence-corrected chi connectivity index (χ3v) is 5.14. The quantitative estimate of drug-likeness (QED) is 0.848. The molecule has 1 aromatic heterocycles. The van der Waals surface area contributed by atoms with Crippen LogP contribution in [0.2, 0.25) is 0 Å². The van der Waals surface area contributed by atoms with Crippen LogP contribution in [0.1, 0.15) is 35.4 Å². The van der Waals surface area contributed by atoms with Crippen molar-refractivity contribution < 1.29 is 9.84 Å². The maximum Gasteiger partial charge on any atom is 0.104 e. The molecule has 20 heavy (non-hydrogen) atoms. The van der Waals surface area contributed by atoms with Crippen LogP contribution < -0.4 is 0 Å². The van der Waals surface area contributed by atoms with E-state index < -0.39 is 0 Å². The molecular formula is C16H21NO2S. The molecule has 108 valence electrons. The summed E-state index contributed by atoms with van der Waals surface area (Å²) < 4.78 is 5.92. The molecule has 3 rings (SSSR count). The first-order valence-corrected chi connectivity index (χ1v) is 8.22. The number of hydrogen-bond donors (Lipinski definition) is 1. The van der Waals surface area contributed by atoms with Gasteiger partial charge in [0, 0.05) is 24.0 Å². The molecule has 0 spiro atoms. The van der Waals surface area contributed by atoms with Gasteiger partial charge in [-0.25, -0.2) is 0 Å². The summed E-state index contributed by atoms with van der Waals surface area (Å²) in [7, 11) is 0. The maximum absolute atomic E-state index is 8.73. The van der Waals surface area contributed by atoms with Crippen molar-refractivity contribution in [3.05, 3.63) is 21.9 Å². The molecule has 0 bridgehead atoms. The van der Waals surface area contributed by atoms with Gasteiger partial charge in [0.2, 0.25) is 0 Å². The largest absolute Gasteiger partial charge is 0.384 e. The summed E-state index contributed by atoms with van der Waals surface area (Å²) in [6.07, 6.45) is 5.59. The summed E-state index contributed by atoms with van der Waals surface area (Å²) >= 11 is 1.74. The number of thiophene rings is 1. The van der Waals surface area contributed by atoms with Gasteiger partial charge in [-0.05, 0) is 25.0 Å². The monoisotopic (exact) mass is 291 g/mol. The van der Waals surface area contributed by atoms with Crippen molar-refractivity contribution in [3.8, 4) is 11.8 Å². The molecule has 4 heteroatoms. The molecule has 1 saturated heterocycles. The Labute approximate surface area is 124 Å². The van der Waals surface area contributed by atoms with E-state index in [1.807, 2.05) is 0 Å². The highest BCUT2D eigenvalue weighted by atomic mass is 32.1. The fourth-order valence-corrected chi connectivity index (χ4v) is 4.14. The number of ether oxygens (including phenoxy) is 1. The highest BCUT2D eigenvalue weighted by Gasteiger charge is 2.34. The molecule has 2 fully saturated rings. The fraction of sp³-hybridized carbons (Fsp3) is 0.625. The van der Waals surface area contributed by atoms with Gasteiger partial charge in [0.05, 0.1) is 17.6 Å². The predicted molar refractivity (Wildman–Crippen MR) is 80.7 cm³/mol. The first-order valence-electron chi connectivity index (χ1n) is 7.41. The third-order valence-electron chi connectivity index (χ3n) is 4.16. The average Bonchev–Trinajstić information content (AvgIpc) is 2.93. The molecule has 2 unspecified atom stereocenters. The minimum Gasteiger partial charge on any atom is -0.384 e. The molecule has 3 nitrogen and oxygen atoms in total. The lowest BCUT2D eigenvalue weighted by atomic mass is 9.90.